The summed E-state index contributed by atoms with van der Waals surface area (Å²) in [6, 6.07) is 15.6. The number of amides is 1. The summed E-state index contributed by atoms with van der Waals surface area (Å²) >= 11 is 6.12. The van der Waals surface area contributed by atoms with Gasteiger partial charge in [-0.15, -0.1) is 0 Å². The molecule has 1 N–H and O–H groups in total. The standard InChI is InChI=1S/C28H34ClN5O3/c1-3-36-28(37-4-2)22-7-5-21(6-8-22)20-31-32-27(35)12-14-33-15-17-34(18-16-33)26-11-13-30-25-19-23(29)9-10-24(25)26/h5-11,13,19-20,28H,3-4,12,14-18H2,1-2H3,(H,32,35)/b31-20+. The van der Waals surface area contributed by atoms with E-state index in [1.54, 1.807) is 6.21 Å². The zero-order valence-corrected chi connectivity index (χ0v) is 22.2. The second-order valence-electron chi connectivity index (χ2n) is 8.77. The monoisotopic (exact) mass is 523 g/mol. The maximum atomic E-state index is 12.3. The Bertz CT molecular complexity index is 1190. The Morgan fingerprint density at radius 2 is 1.81 bits per heavy atom. The van der Waals surface area contributed by atoms with Crippen molar-refractivity contribution < 1.29 is 14.3 Å². The van der Waals surface area contributed by atoms with Gasteiger partial charge >= 0.3 is 0 Å². The Kier molecular flexibility index (Phi) is 9.85. The number of fused-ring (bicyclic) bond motifs is 1. The number of ether oxygens (including phenoxy) is 2. The van der Waals surface area contributed by atoms with Gasteiger partial charge in [0.1, 0.15) is 0 Å². The van der Waals surface area contributed by atoms with E-state index in [2.05, 4.69) is 31.4 Å². The molecule has 1 aliphatic rings. The van der Waals surface area contributed by atoms with Crippen LogP contribution in [-0.4, -0.2) is 67.9 Å². The van der Waals surface area contributed by atoms with Crippen LogP contribution < -0.4 is 10.3 Å². The first-order valence-electron chi connectivity index (χ1n) is 12.7. The van der Waals surface area contributed by atoms with Crippen LogP contribution in [0.25, 0.3) is 10.9 Å². The number of carbonyl (C=O) groups excluding carboxylic acids is 1. The smallest absolute Gasteiger partial charge is 0.241 e. The normalized spacial score (nSPS) is 14.6. The van der Waals surface area contributed by atoms with E-state index in [9.17, 15) is 4.79 Å². The Balaban J connectivity index is 1.20. The van der Waals surface area contributed by atoms with Crippen LogP contribution in [0.1, 0.15) is 37.7 Å². The SMILES string of the molecule is CCOC(OCC)c1ccc(/C=N/NC(=O)CCN2CCN(c3ccnc4cc(Cl)ccc34)CC2)cc1. The van der Waals surface area contributed by atoms with Gasteiger partial charge in [0.15, 0.2) is 6.29 Å². The van der Waals surface area contributed by atoms with E-state index in [-0.39, 0.29) is 12.2 Å². The predicted molar refractivity (Wildman–Crippen MR) is 148 cm³/mol. The van der Waals surface area contributed by atoms with Crippen molar-refractivity contribution in [3.63, 3.8) is 0 Å². The molecule has 4 rings (SSSR count). The van der Waals surface area contributed by atoms with Gasteiger partial charge in [0.05, 0.1) is 11.7 Å². The first kappa shape index (κ1) is 27.0. The number of aromatic nitrogens is 1. The molecular formula is C28H34ClN5O3. The highest BCUT2D eigenvalue weighted by Crippen LogP contribution is 2.28. The molecular weight excluding hydrogens is 490 g/mol. The summed E-state index contributed by atoms with van der Waals surface area (Å²) < 4.78 is 11.2. The first-order valence-corrected chi connectivity index (χ1v) is 13.1. The lowest BCUT2D eigenvalue weighted by atomic mass is 10.1. The number of piperazine rings is 1. The third kappa shape index (κ3) is 7.49. The molecule has 0 bridgehead atoms. The topological polar surface area (TPSA) is 79.3 Å². The molecule has 1 aromatic heterocycles. The van der Waals surface area contributed by atoms with E-state index >= 15 is 0 Å². The number of hydrazone groups is 1. The van der Waals surface area contributed by atoms with Crippen molar-refractivity contribution in [2.75, 3.05) is 50.8 Å². The summed E-state index contributed by atoms with van der Waals surface area (Å²) in [7, 11) is 0. The van der Waals surface area contributed by atoms with Crippen LogP contribution in [0.3, 0.4) is 0 Å². The maximum absolute atomic E-state index is 12.3. The summed E-state index contributed by atoms with van der Waals surface area (Å²) in [5.74, 6) is -0.0972. The highest BCUT2D eigenvalue weighted by molar-refractivity contribution is 6.31. The number of carbonyl (C=O) groups is 1. The fourth-order valence-corrected chi connectivity index (χ4v) is 4.54. The average Bonchev–Trinajstić information content (AvgIpc) is 2.92. The van der Waals surface area contributed by atoms with Crippen molar-refractivity contribution in [2.24, 2.45) is 5.10 Å². The molecule has 0 radical (unpaired) electrons. The van der Waals surface area contributed by atoms with Gasteiger partial charge in [-0.25, -0.2) is 5.43 Å². The molecule has 8 nitrogen and oxygen atoms in total. The lowest BCUT2D eigenvalue weighted by molar-refractivity contribution is -0.140. The van der Waals surface area contributed by atoms with Crippen molar-refractivity contribution in [3.8, 4) is 0 Å². The Hall–Kier alpha value is -3.04. The highest BCUT2D eigenvalue weighted by Gasteiger charge is 2.19. The van der Waals surface area contributed by atoms with Crippen LogP contribution in [0, 0.1) is 0 Å². The van der Waals surface area contributed by atoms with Crippen LogP contribution >= 0.6 is 11.6 Å². The third-order valence-corrected chi connectivity index (χ3v) is 6.53. The van der Waals surface area contributed by atoms with E-state index in [1.165, 1.54) is 5.69 Å². The van der Waals surface area contributed by atoms with E-state index in [0.717, 1.165) is 48.2 Å². The zero-order chi connectivity index (χ0) is 26.0. The molecule has 0 unspecified atom stereocenters. The van der Waals surface area contributed by atoms with Crippen molar-refractivity contribution >= 4 is 40.3 Å². The fourth-order valence-electron chi connectivity index (χ4n) is 4.37. The predicted octanol–water partition coefficient (Wildman–Crippen LogP) is 4.62. The lowest BCUT2D eigenvalue weighted by Gasteiger charge is -2.36. The molecule has 1 aliphatic heterocycles. The molecule has 3 aromatic rings. The van der Waals surface area contributed by atoms with Gasteiger partial charge in [-0.1, -0.05) is 35.9 Å². The van der Waals surface area contributed by atoms with Gasteiger partial charge in [-0.05, 0) is 43.7 Å². The average molecular weight is 524 g/mol. The number of hydrogen-bond donors (Lipinski definition) is 1. The Morgan fingerprint density at radius 3 is 2.51 bits per heavy atom. The minimum Gasteiger partial charge on any atom is -0.368 e. The van der Waals surface area contributed by atoms with Crippen LogP contribution in [0.15, 0.2) is 59.8 Å². The van der Waals surface area contributed by atoms with Crippen molar-refractivity contribution in [1.82, 2.24) is 15.3 Å². The number of nitrogens with zero attached hydrogens (tertiary/aromatic N) is 4. The molecule has 9 heteroatoms. The van der Waals surface area contributed by atoms with Gasteiger partial charge in [-0.3, -0.25) is 14.7 Å². The van der Waals surface area contributed by atoms with E-state index in [1.807, 2.05) is 62.5 Å². The van der Waals surface area contributed by atoms with Crippen LogP contribution in [0.2, 0.25) is 5.02 Å². The summed E-state index contributed by atoms with van der Waals surface area (Å²) in [5.41, 5.74) is 6.55. The van der Waals surface area contributed by atoms with Gasteiger partial charge < -0.3 is 14.4 Å². The molecule has 1 amide bonds. The first-order chi connectivity index (χ1) is 18.1. The zero-order valence-electron chi connectivity index (χ0n) is 21.4. The Morgan fingerprint density at radius 1 is 1.08 bits per heavy atom. The summed E-state index contributed by atoms with van der Waals surface area (Å²) in [6.07, 6.45) is 3.50. The molecule has 0 aliphatic carbocycles. The van der Waals surface area contributed by atoms with E-state index < -0.39 is 0 Å². The summed E-state index contributed by atoms with van der Waals surface area (Å²) in [6.45, 7) is 9.31. The molecule has 1 fully saturated rings. The second-order valence-corrected chi connectivity index (χ2v) is 9.21. The highest BCUT2D eigenvalue weighted by atomic mass is 35.5. The summed E-state index contributed by atoms with van der Waals surface area (Å²) in [4.78, 5) is 21.4. The van der Waals surface area contributed by atoms with Crippen LogP contribution in [0.4, 0.5) is 5.69 Å². The second kappa shape index (κ2) is 13.5. The largest absolute Gasteiger partial charge is 0.368 e. The van der Waals surface area contributed by atoms with Gasteiger partial charge in [0, 0.05) is 80.2 Å². The van der Waals surface area contributed by atoms with Crippen molar-refractivity contribution in [1.29, 1.82) is 0 Å². The Labute approximate surface area is 223 Å². The lowest BCUT2D eigenvalue weighted by Crippen LogP contribution is -2.47. The molecule has 0 saturated carbocycles. The van der Waals surface area contributed by atoms with E-state index in [4.69, 9.17) is 21.1 Å². The molecule has 37 heavy (non-hydrogen) atoms. The molecule has 2 aromatic carbocycles. The molecule has 0 spiro atoms. The van der Waals surface area contributed by atoms with Gasteiger partial charge in [0.25, 0.3) is 0 Å². The van der Waals surface area contributed by atoms with E-state index in [0.29, 0.717) is 31.2 Å². The number of anilines is 1. The minimum absolute atomic E-state index is 0.0972. The number of hydrogen-bond acceptors (Lipinski definition) is 7. The van der Waals surface area contributed by atoms with Gasteiger partial charge in [0.2, 0.25) is 5.91 Å². The number of nitrogens with one attached hydrogen (secondary N) is 1. The number of benzene rings is 2. The minimum atomic E-state index is -0.370. The quantitative estimate of drug-likeness (QED) is 0.224. The van der Waals surface area contributed by atoms with Crippen molar-refractivity contribution in [3.05, 3.63) is 70.9 Å². The number of pyridine rings is 1. The van der Waals surface area contributed by atoms with Gasteiger partial charge in [-0.2, -0.15) is 5.10 Å². The summed E-state index contributed by atoms with van der Waals surface area (Å²) in [5, 5.41) is 5.91. The van der Waals surface area contributed by atoms with Crippen LogP contribution in [-0.2, 0) is 14.3 Å². The third-order valence-electron chi connectivity index (χ3n) is 6.30. The van der Waals surface area contributed by atoms with Crippen molar-refractivity contribution in [2.45, 2.75) is 26.6 Å². The number of rotatable bonds is 11. The molecule has 0 atom stereocenters. The molecule has 2 heterocycles. The molecule has 1 saturated heterocycles. The van der Waals surface area contributed by atoms with Crippen LogP contribution in [0.5, 0.6) is 0 Å². The number of halogens is 1. The fraction of sp³-hybridized carbons (Fsp3) is 0.393. The molecule has 196 valence electrons. The maximum Gasteiger partial charge on any atom is 0.241 e.